The van der Waals surface area contributed by atoms with E-state index < -0.39 is 24.3 Å². The first-order valence-electron chi connectivity index (χ1n) is 36.2. The van der Waals surface area contributed by atoms with Gasteiger partial charge in [0.1, 0.15) is 13.2 Å². The van der Waals surface area contributed by atoms with Gasteiger partial charge in [0.05, 0.1) is 40.3 Å². The molecule has 0 heterocycles. The van der Waals surface area contributed by atoms with Crippen LogP contribution in [0.4, 0.5) is 0 Å². The second kappa shape index (κ2) is 71.7. The van der Waals surface area contributed by atoms with Gasteiger partial charge in [-0.2, -0.15) is 0 Å². The minimum absolute atomic E-state index is 0.132. The highest BCUT2D eigenvalue weighted by Gasteiger charge is 2.22. The molecule has 0 aliphatic rings. The molecule has 0 aromatic carbocycles. The predicted octanol–water partition coefficient (Wildman–Crippen LogP) is 21.8. The van der Waals surface area contributed by atoms with Gasteiger partial charge in [-0.15, -0.1) is 0 Å². The number of likely N-dealkylation sites (N-methyl/N-ethyl adjacent to an activating group) is 1. The van der Waals surface area contributed by atoms with Crippen LogP contribution in [0.25, 0.3) is 0 Å². The molecule has 9 heteroatoms. The van der Waals surface area contributed by atoms with Gasteiger partial charge in [0, 0.05) is 12.8 Å². The summed E-state index contributed by atoms with van der Waals surface area (Å²) in [6, 6.07) is 0. The average Bonchev–Trinajstić information content (AvgIpc) is 3.73. The van der Waals surface area contributed by atoms with E-state index in [0.29, 0.717) is 23.9 Å². The fourth-order valence-corrected chi connectivity index (χ4v) is 9.07. The zero-order chi connectivity index (χ0) is 67.5. The molecule has 0 aliphatic heterocycles. The van der Waals surface area contributed by atoms with E-state index in [0.717, 1.165) is 173 Å². The third-order valence-corrected chi connectivity index (χ3v) is 14.5. The maximum Gasteiger partial charge on any atom is 0.306 e. The van der Waals surface area contributed by atoms with E-state index in [2.05, 4.69) is 220 Å². The number of rotatable bonds is 64. The van der Waals surface area contributed by atoms with E-state index in [1.165, 1.54) is 32.1 Å². The zero-order valence-electron chi connectivity index (χ0n) is 59.3. The Balaban J connectivity index is 4.24. The Morgan fingerprint density at radius 2 is 0.581 bits per heavy atom. The summed E-state index contributed by atoms with van der Waals surface area (Å²) in [5.74, 6) is -2.33. The number of hydrogen-bond acceptors (Lipinski definition) is 8. The maximum absolute atomic E-state index is 13.0. The van der Waals surface area contributed by atoms with Gasteiger partial charge < -0.3 is 33.3 Å². The largest absolute Gasteiger partial charge is 0.545 e. The molecule has 0 radical (unpaired) electrons. The molecule has 0 saturated carbocycles. The van der Waals surface area contributed by atoms with Crippen molar-refractivity contribution in [3.8, 4) is 0 Å². The normalized spacial score (nSPS) is 13.9. The van der Waals surface area contributed by atoms with Gasteiger partial charge in [0.2, 0.25) is 0 Å². The third-order valence-electron chi connectivity index (χ3n) is 14.5. The molecule has 0 fully saturated rings. The molecule has 0 spiro atoms. The van der Waals surface area contributed by atoms with Crippen LogP contribution in [-0.2, 0) is 33.3 Å². The van der Waals surface area contributed by atoms with E-state index in [1.54, 1.807) is 0 Å². The Labute approximate surface area is 569 Å². The van der Waals surface area contributed by atoms with Gasteiger partial charge in [-0.3, -0.25) is 9.59 Å². The molecular formula is C84H131NO8. The summed E-state index contributed by atoms with van der Waals surface area (Å²) in [5.41, 5.74) is 0. The molecule has 0 amide bonds. The minimum Gasteiger partial charge on any atom is -0.545 e. The van der Waals surface area contributed by atoms with Crippen LogP contribution in [0.2, 0.25) is 0 Å². The number of quaternary nitrogens is 1. The van der Waals surface area contributed by atoms with Crippen molar-refractivity contribution in [2.45, 2.75) is 257 Å². The molecule has 0 saturated heterocycles. The zero-order valence-corrected chi connectivity index (χ0v) is 59.3. The molecule has 0 N–H and O–H groups in total. The highest BCUT2D eigenvalue weighted by molar-refractivity contribution is 5.70. The van der Waals surface area contributed by atoms with E-state index in [4.69, 9.17) is 18.9 Å². The SMILES string of the molecule is CC/C=C\C/C=C\C/C=C\C/C=C\C/C=C\C/C=C\C/C=C\C/C=C\C/C=C\CCCCCCCCCCCC(=O)OC(COC(=O)CCCCCCCC/C=C\C/C=C\C/C=C\C/C=C\C/C=C\C/C=C\C/C=C\C/C=C\CC)COC(OCC[N+](C)(C)C)C(=O)[O-]. The average molecular weight is 1280 g/mol. The Hall–Kier alpha value is -6.13. The van der Waals surface area contributed by atoms with Gasteiger partial charge in [0.15, 0.2) is 12.4 Å². The standard InChI is InChI=1S/C84H131NO8/c1-6-8-10-12-14-16-18-20-22-24-26-28-30-32-34-36-38-39-40-41-42-43-45-47-49-51-53-55-57-59-61-63-65-67-69-71-73-75-82(87)93-80(79-92-84(83(88)89)90-77-76-85(3,4)5)78-91-81(86)74-72-70-68-66-64-62-60-58-56-54-52-50-48-46-44-37-35-33-31-29-27-25-23-21-19-17-15-13-11-9-7-2/h8-11,14-17,20-23,26-29,32-35,38-39,41-42,44-47,50-53,56,58,80,84H,6-7,12-13,18-19,24-25,30-31,36-37,40,43,48-49,54-55,57,59-79H2,1-5H3/b10-8-,11-9-,16-14-,17-15-,22-20-,23-21-,28-26-,29-27-,34-32-,35-33-,39-38-,42-41-,46-44-,47-45-,52-50-,53-51-,58-56-. The number of nitrogens with zero attached hydrogens (tertiary/aromatic N) is 1. The fourth-order valence-electron chi connectivity index (χ4n) is 9.07. The van der Waals surface area contributed by atoms with Crippen molar-refractivity contribution >= 4 is 17.9 Å². The lowest BCUT2D eigenvalue weighted by molar-refractivity contribution is -0.870. The molecule has 2 unspecified atom stereocenters. The lowest BCUT2D eigenvalue weighted by Gasteiger charge is -2.26. The monoisotopic (exact) mass is 1280 g/mol. The second-order valence-electron chi connectivity index (χ2n) is 24.4. The fraction of sp³-hybridized carbons (Fsp3) is 0.560. The van der Waals surface area contributed by atoms with Crippen molar-refractivity contribution < 1.29 is 42.9 Å². The highest BCUT2D eigenvalue weighted by atomic mass is 16.7. The molecule has 0 aliphatic carbocycles. The van der Waals surface area contributed by atoms with E-state index in [9.17, 15) is 19.5 Å². The summed E-state index contributed by atoms with van der Waals surface area (Å²) in [4.78, 5) is 37.5. The number of allylic oxidation sites excluding steroid dienone is 34. The second-order valence-corrected chi connectivity index (χ2v) is 24.4. The van der Waals surface area contributed by atoms with Crippen LogP contribution in [0.3, 0.4) is 0 Å². The summed E-state index contributed by atoms with van der Waals surface area (Å²) in [6.07, 6.45) is 109. The van der Waals surface area contributed by atoms with Gasteiger partial charge >= 0.3 is 11.9 Å². The maximum atomic E-state index is 13.0. The summed E-state index contributed by atoms with van der Waals surface area (Å²) in [6.45, 7) is 4.47. The first kappa shape index (κ1) is 86.9. The number of carboxylic acid groups (broad SMARTS) is 1. The Kier molecular flexibility index (Phi) is 67.0. The molecule has 0 bridgehead atoms. The number of ether oxygens (including phenoxy) is 4. The lowest BCUT2D eigenvalue weighted by Crippen LogP contribution is -2.44. The summed E-state index contributed by atoms with van der Waals surface area (Å²) < 4.78 is 22.8. The van der Waals surface area contributed by atoms with Crippen molar-refractivity contribution in [3.05, 3.63) is 207 Å². The predicted molar refractivity (Wildman–Crippen MR) is 397 cm³/mol. The number of carboxylic acids is 1. The number of unbranched alkanes of at least 4 members (excludes halogenated alkanes) is 15. The van der Waals surface area contributed by atoms with Crippen molar-refractivity contribution in [1.82, 2.24) is 0 Å². The van der Waals surface area contributed by atoms with Crippen LogP contribution < -0.4 is 5.11 Å². The molecule has 0 rings (SSSR count). The topological polar surface area (TPSA) is 111 Å². The molecule has 520 valence electrons. The van der Waals surface area contributed by atoms with Crippen molar-refractivity contribution in [2.75, 3.05) is 47.5 Å². The number of carbonyl (C=O) groups is 3. The molecule has 2 atom stereocenters. The molecule has 0 aromatic heterocycles. The van der Waals surface area contributed by atoms with Crippen LogP contribution in [0.5, 0.6) is 0 Å². The first-order chi connectivity index (χ1) is 45.6. The van der Waals surface area contributed by atoms with E-state index >= 15 is 0 Å². The van der Waals surface area contributed by atoms with Crippen LogP contribution in [0.15, 0.2) is 207 Å². The van der Waals surface area contributed by atoms with E-state index in [1.807, 2.05) is 21.1 Å². The smallest absolute Gasteiger partial charge is 0.306 e. The van der Waals surface area contributed by atoms with E-state index in [-0.39, 0.29) is 38.6 Å². The number of esters is 2. The molecular weight excluding hydrogens is 1150 g/mol. The Bertz CT molecular complexity index is 2280. The highest BCUT2D eigenvalue weighted by Crippen LogP contribution is 2.15. The number of hydrogen-bond donors (Lipinski definition) is 0. The van der Waals surface area contributed by atoms with Gasteiger partial charge in [0.25, 0.3) is 0 Å². The quantitative estimate of drug-likeness (QED) is 0.0195. The van der Waals surface area contributed by atoms with Crippen LogP contribution in [-0.4, -0.2) is 82.3 Å². The Morgan fingerprint density at radius 1 is 0.323 bits per heavy atom. The van der Waals surface area contributed by atoms with Gasteiger partial charge in [-0.25, -0.2) is 0 Å². The third kappa shape index (κ3) is 73.1. The van der Waals surface area contributed by atoms with Crippen LogP contribution in [0.1, 0.15) is 245 Å². The number of aliphatic carboxylic acids is 1. The summed E-state index contributed by atoms with van der Waals surface area (Å²) >= 11 is 0. The molecule has 93 heavy (non-hydrogen) atoms. The van der Waals surface area contributed by atoms with Gasteiger partial charge in [-0.05, 0) is 148 Å². The molecule has 0 aromatic rings. The lowest BCUT2D eigenvalue weighted by atomic mass is 10.1. The van der Waals surface area contributed by atoms with Gasteiger partial charge in [-0.1, -0.05) is 291 Å². The minimum atomic E-state index is -1.64. The summed E-state index contributed by atoms with van der Waals surface area (Å²) in [5, 5.41) is 11.8. The van der Waals surface area contributed by atoms with Crippen LogP contribution >= 0.6 is 0 Å². The van der Waals surface area contributed by atoms with Crippen LogP contribution in [0, 0.1) is 0 Å². The first-order valence-corrected chi connectivity index (χ1v) is 36.2. The van der Waals surface area contributed by atoms with Crippen molar-refractivity contribution in [1.29, 1.82) is 0 Å². The molecule has 9 nitrogen and oxygen atoms in total. The van der Waals surface area contributed by atoms with Crippen molar-refractivity contribution in [2.24, 2.45) is 0 Å². The number of carbonyl (C=O) groups excluding carboxylic acids is 3. The Morgan fingerprint density at radius 3 is 0.860 bits per heavy atom. The van der Waals surface area contributed by atoms with Crippen molar-refractivity contribution in [3.63, 3.8) is 0 Å². The summed E-state index contributed by atoms with van der Waals surface area (Å²) in [7, 11) is 5.91.